The van der Waals surface area contributed by atoms with Gasteiger partial charge in [-0.05, 0) is 64.9 Å². The van der Waals surface area contributed by atoms with Crippen LogP contribution in [0.1, 0.15) is 47.2 Å². The molecule has 2 amide bonds. The van der Waals surface area contributed by atoms with Crippen LogP contribution in [0.4, 0.5) is 0 Å². The van der Waals surface area contributed by atoms with Gasteiger partial charge in [0.25, 0.3) is 5.91 Å². The maximum absolute atomic E-state index is 13.2. The Hall–Kier alpha value is -1.92. The number of piperazine rings is 1. The van der Waals surface area contributed by atoms with Gasteiger partial charge in [0.05, 0.1) is 0 Å². The summed E-state index contributed by atoms with van der Waals surface area (Å²) >= 11 is 0. The van der Waals surface area contributed by atoms with Crippen molar-refractivity contribution in [2.45, 2.75) is 39.5 Å². The third-order valence-corrected chi connectivity index (χ3v) is 5.92. The van der Waals surface area contributed by atoms with Crippen LogP contribution < -0.4 is 5.32 Å². The molecule has 1 aromatic carbocycles. The molecule has 0 saturated carbocycles. The van der Waals surface area contributed by atoms with E-state index in [1.165, 1.54) is 25.9 Å². The van der Waals surface area contributed by atoms with Crippen molar-refractivity contribution in [3.63, 3.8) is 0 Å². The lowest BCUT2D eigenvalue weighted by Gasteiger charge is -2.29. The normalized spacial score (nSPS) is 17.5. The summed E-state index contributed by atoms with van der Waals surface area (Å²) < 4.78 is 0. The maximum atomic E-state index is 13.2. The first-order valence-electron chi connectivity index (χ1n) is 11.1. The van der Waals surface area contributed by atoms with Crippen LogP contribution in [0.2, 0.25) is 0 Å². The van der Waals surface area contributed by atoms with E-state index in [0.29, 0.717) is 19.5 Å². The number of carbonyl (C=O) groups is 2. The monoisotopic (exact) mass is 400 g/mol. The molecule has 6 heteroatoms. The number of rotatable bonds is 8. The number of hydrogen-bond donors (Lipinski definition) is 1. The molecule has 1 N–H and O–H groups in total. The van der Waals surface area contributed by atoms with Gasteiger partial charge >= 0.3 is 0 Å². The van der Waals surface area contributed by atoms with E-state index >= 15 is 0 Å². The fraction of sp³-hybridized carbons (Fsp3) is 0.652. The minimum Gasteiger partial charge on any atom is -0.340 e. The Morgan fingerprint density at radius 1 is 0.966 bits per heavy atom. The molecule has 2 aliphatic heterocycles. The van der Waals surface area contributed by atoms with Gasteiger partial charge in [0.15, 0.2) is 0 Å². The van der Waals surface area contributed by atoms with Crippen molar-refractivity contribution in [2.24, 2.45) is 0 Å². The highest BCUT2D eigenvalue weighted by molar-refractivity contribution is 5.95. The minimum atomic E-state index is 0.0475. The summed E-state index contributed by atoms with van der Waals surface area (Å²) in [5.41, 5.74) is 2.93. The Morgan fingerprint density at radius 3 is 2.28 bits per heavy atom. The Labute approximate surface area is 175 Å². The summed E-state index contributed by atoms with van der Waals surface area (Å²) in [5.74, 6) is 0.204. The standard InChI is InChI=1S/C23H36N4O2/c1-19-16-20(2)18-21(17-19)23(29)27(12-5-11-25-9-3-4-10-25)13-6-22(28)26-14-7-24-8-15-26/h16-18,24H,3-15H2,1-2H3. The average Bonchev–Trinajstić information content (AvgIpc) is 3.23. The van der Waals surface area contributed by atoms with Crippen LogP contribution in [0, 0.1) is 13.8 Å². The largest absolute Gasteiger partial charge is 0.340 e. The molecule has 2 saturated heterocycles. The van der Waals surface area contributed by atoms with Crippen LogP contribution in [0.3, 0.4) is 0 Å². The van der Waals surface area contributed by atoms with Gasteiger partial charge < -0.3 is 20.0 Å². The number of benzene rings is 1. The molecule has 29 heavy (non-hydrogen) atoms. The second-order valence-corrected chi connectivity index (χ2v) is 8.45. The molecular formula is C23H36N4O2. The van der Waals surface area contributed by atoms with Gasteiger partial charge in [-0.3, -0.25) is 9.59 Å². The molecule has 0 bridgehead atoms. The van der Waals surface area contributed by atoms with Crippen LogP contribution in [0.25, 0.3) is 0 Å². The van der Waals surface area contributed by atoms with Crippen LogP contribution >= 0.6 is 0 Å². The van der Waals surface area contributed by atoms with Crippen LogP contribution in [0.5, 0.6) is 0 Å². The predicted molar refractivity (Wildman–Crippen MR) is 116 cm³/mol. The molecule has 2 fully saturated rings. The molecule has 0 aromatic heterocycles. The van der Waals surface area contributed by atoms with Crippen molar-refractivity contribution in [2.75, 3.05) is 58.9 Å². The molecule has 160 valence electrons. The molecule has 0 radical (unpaired) electrons. The lowest BCUT2D eigenvalue weighted by molar-refractivity contribution is -0.131. The van der Waals surface area contributed by atoms with E-state index in [-0.39, 0.29) is 11.8 Å². The summed E-state index contributed by atoms with van der Waals surface area (Å²) in [6.45, 7) is 11.9. The van der Waals surface area contributed by atoms with E-state index in [1.54, 1.807) is 0 Å². The van der Waals surface area contributed by atoms with E-state index in [2.05, 4.69) is 16.3 Å². The van der Waals surface area contributed by atoms with Crippen LogP contribution in [-0.2, 0) is 4.79 Å². The number of hydrogen-bond acceptors (Lipinski definition) is 4. The third kappa shape index (κ3) is 6.54. The zero-order valence-electron chi connectivity index (χ0n) is 18.1. The van der Waals surface area contributed by atoms with Gasteiger partial charge in [0.1, 0.15) is 0 Å². The van der Waals surface area contributed by atoms with Gasteiger partial charge in [-0.25, -0.2) is 0 Å². The van der Waals surface area contributed by atoms with Gasteiger partial charge in [-0.2, -0.15) is 0 Å². The molecule has 0 spiro atoms. The highest BCUT2D eigenvalue weighted by Crippen LogP contribution is 2.14. The SMILES string of the molecule is Cc1cc(C)cc(C(=O)N(CCCN2CCCC2)CCC(=O)N2CCNCC2)c1. The summed E-state index contributed by atoms with van der Waals surface area (Å²) in [5, 5.41) is 3.28. The second kappa shape index (κ2) is 10.7. The molecule has 1 aromatic rings. The Balaban J connectivity index is 1.61. The first-order valence-corrected chi connectivity index (χ1v) is 11.1. The first-order chi connectivity index (χ1) is 14.0. The zero-order chi connectivity index (χ0) is 20.6. The summed E-state index contributed by atoms with van der Waals surface area (Å²) in [4.78, 5) is 32.1. The fourth-order valence-corrected chi connectivity index (χ4v) is 4.39. The number of nitrogens with one attached hydrogen (secondary N) is 1. The van der Waals surface area contributed by atoms with Gasteiger partial charge in [-0.15, -0.1) is 0 Å². The van der Waals surface area contributed by atoms with Gasteiger partial charge in [0, 0.05) is 51.3 Å². The van der Waals surface area contributed by atoms with E-state index in [1.807, 2.05) is 35.8 Å². The summed E-state index contributed by atoms with van der Waals surface area (Å²) in [7, 11) is 0. The minimum absolute atomic E-state index is 0.0475. The first kappa shape index (κ1) is 21.8. The van der Waals surface area contributed by atoms with E-state index in [0.717, 1.165) is 55.8 Å². The smallest absolute Gasteiger partial charge is 0.253 e. The molecule has 2 heterocycles. The predicted octanol–water partition coefficient (Wildman–Crippen LogP) is 2.05. The number of amides is 2. The topological polar surface area (TPSA) is 55.9 Å². The van der Waals surface area contributed by atoms with Crippen molar-refractivity contribution >= 4 is 11.8 Å². The van der Waals surface area contributed by atoms with Crippen molar-refractivity contribution in [3.05, 3.63) is 34.9 Å². The highest BCUT2D eigenvalue weighted by atomic mass is 16.2. The lowest BCUT2D eigenvalue weighted by Crippen LogP contribution is -2.47. The number of aryl methyl sites for hydroxylation is 2. The summed E-state index contributed by atoms with van der Waals surface area (Å²) in [6.07, 6.45) is 3.92. The van der Waals surface area contributed by atoms with Crippen LogP contribution in [0.15, 0.2) is 18.2 Å². The van der Waals surface area contributed by atoms with E-state index in [4.69, 9.17) is 0 Å². The van der Waals surface area contributed by atoms with E-state index < -0.39 is 0 Å². The Morgan fingerprint density at radius 2 is 1.62 bits per heavy atom. The van der Waals surface area contributed by atoms with Crippen molar-refractivity contribution < 1.29 is 9.59 Å². The zero-order valence-corrected chi connectivity index (χ0v) is 18.1. The average molecular weight is 401 g/mol. The Kier molecular flexibility index (Phi) is 8.07. The molecule has 2 aliphatic rings. The van der Waals surface area contributed by atoms with Gasteiger partial charge in [-0.1, -0.05) is 17.2 Å². The van der Waals surface area contributed by atoms with Crippen molar-refractivity contribution in [1.29, 1.82) is 0 Å². The van der Waals surface area contributed by atoms with Gasteiger partial charge in [0.2, 0.25) is 5.91 Å². The third-order valence-electron chi connectivity index (χ3n) is 5.92. The number of nitrogens with zero attached hydrogens (tertiary/aromatic N) is 3. The molecule has 0 unspecified atom stereocenters. The quantitative estimate of drug-likeness (QED) is 0.726. The van der Waals surface area contributed by atoms with Crippen molar-refractivity contribution in [1.82, 2.24) is 20.0 Å². The molecule has 3 rings (SSSR count). The highest BCUT2D eigenvalue weighted by Gasteiger charge is 2.21. The van der Waals surface area contributed by atoms with Crippen molar-refractivity contribution in [3.8, 4) is 0 Å². The number of likely N-dealkylation sites (tertiary alicyclic amines) is 1. The van der Waals surface area contributed by atoms with E-state index in [9.17, 15) is 9.59 Å². The maximum Gasteiger partial charge on any atom is 0.253 e. The lowest BCUT2D eigenvalue weighted by atomic mass is 10.1. The molecular weight excluding hydrogens is 364 g/mol. The Bertz CT molecular complexity index is 674. The number of carbonyl (C=O) groups excluding carboxylic acids is 2. The fourth-order valence-electron chi connectivity index (χ4n) is 4.39. The summed E-state index contributed by atoms with van der Waals surface area (Å²) in [6, 6.07) is 6.00. The second-order valence-electron chi connectivity index (χ2n) is 8.45. The van der Waals surface area contributed by atoms with Crippen LogP contribution in [-0.4, -0.2) is 85.4 Å². The molecule has 0 aliphatic carbocycles. The molecule has 0 atom stereocenters. The molecule has 6 nitrogen and oxygen atoms in total.